The largest absolute Gasteiger partial charge is 0.376 e. The van der Waals surface area contributed by atoms with Gasteiger partial charge in [-0.3, -0.25) is 4.79 Å². The zero-order chi connectivity index (χ0) is 15.6. The molecule has 112 valence electrons. The van der Waals surface area contributed by atoms with Crippen LogP contribution in [-0.2, 0) is 0 Å². The normalized spacial score (nSPS) is 12.5. The van der Waals surface area contributed by atoms with Gasteiger partial charge in [0.25, 0.3) is 5.56 Å². The van der Waals surface area contributed by atoms with E-state index in [4.69, 9.17) is 11.6 Å². The summed E-state index contributed by atoms with van der Waals surface area (Å²) in [7, 11) is 0. The van der Waals surface area contributed by atoms with Gasteiger partial charge in [0, 0.05) is 6.04 Å². The fraction of sp³-hybridized carbons (Fsp3) is 0.375. The molecular formula is C16H20ClN3O. The molecule has 0 aliphatic carbocycles. The molecule has 1 atom stereocenters. The first-order valence-corrected chi connectivity index (χ1v) is 7.38. The van der Waals surface area contributed by atoms with Crippen molar-refractivity contribution in [1.82, 2.24) is 9.78 Å². The number of aryl methyl sites for hydroxylation is 1. The van der Waals surface area contributed by atoms with Crippen LogP contribution in [0.15, 0.2) is 35.3 Å². The smallest absolute Gasteiger partial charge is 0.287 e. The Morgan fingerprint density at radius 3 is 2.38 bits per heavy atom. The number of hydrogen-bond donors (Lipinski definition) is 1. The number of anilines is 1. The minimum atomic E-state index is -0.271. The molecule has 21 heavy (non-hydrogen) atoms. The predicted octanol–water partition coefficient (Wildman–Crippen LogP) is 3.96. The van der Waals surface area contributed by atoms with Gasteiger partial charge in [0.1, 0.15) is 5.02 Å². The van der Waals surface area contributed by atoms with Gasteiger partial charge in [0.15, 0.2) is 0 Å². The Hall–Kier alpha value is -1.81. The van der Waals surface area contributed by atoms with Gasteiger partial charge in [-0.1, -0.05) is 41.4 Å². The Bertz CT molecular complexity index is 677. The van der Waals surface area contributed by atoms with Gasteiger partial charge >= 0.3 is 0 Å². The summed E-state index contributed by atoms with van der Waals surface area (Å²) in [6.07, 6.45) is 1.61. The van der Waals surface area contributed by atoms with E-state index < -0.39 is 0 Å². The second-order valence-electron chi connectivity index (χ2n) is 5.49. The van der Waals surface area contributed by atoms with Gasteiger partial charge in [0.05, 0.1) is 17.9 Å². The molecule has 0 fully saturated rings. The summed E-state index contributed by atoms with van der Waals surface area (Å²) in [5.41, 5.74) is 2.63. The Kier molecular flexibility index (Phi) is 4.68. The van der Waals surface area contributed by atoms with Crippen LogP contribution >= 0.6 is 11.6 Å². The predicted molar refractivity (Wildman–Crippen MR) is 87.1 cm³/mol. The third-order valence-electron chi connectivity index (χ3n) is 3.38. The number of halogens is 1. The van der Waals surface area contributed by atoms with E-state index in [1.165, 1.54) is 10.2 Å². The van der Waals surface area contributed by atoms with E-state index >= 15 is 0 Å². The fourth-order valence-electron chi connectivity index (χ4n) is 2.09. The van der Waals surface area contributed by atoms with E-state index in [-0.39, 0.29) is 22.7 Å². The highest BCUT2D eigenvalue weighted by atomic mass is 35.5. The lowest BCUT2D eigenvalue weighted by atomic mass is 10.1. The van der Waals surface area contributed by atoms with Crippen LogP contribution in [0.2, 0.25) is 5.02 Å². The first kappa shape index (κ1) is 15.6. The molecule has 4 nitrogen and oxygen atoms in total. The average molecular weight is 306 g/mol. The molecule has 0 saturated carbocycles. The maximum atomic E-state index is 12.1. The molecule has 1 N–H and O–H groups in total. The SMILES string of the molecule is Cc1ccc(C(C)Nc2cnn(C(C)C)c(=O)c2Cl)cc1. The standard InChI is InChI=1S/C16H20ClN3O/c1-10(2)20-16(21)15(17)14(9-18-20)19-12(4)13-7-5-11(3)6-8-13/h5-10,12,19H,1-4H3. The number of nitrogens with one attached hydrogen (secondary N) is 1. The van der Waals surface area contributed by atoms with Crippen LogP contribution < -0.4 is 10.9 Å². The molecule has 0 saturated heterocycles. The van der Waals surface area contributed by atoms with E-state index in [0.717, 1.165) is 5.56 Å². The maximum absolute atomic E-state index is 12.1. The maximum Gasteiger partial charge on any atom is 0.287 e. The summed E-state index contributed by atoms with van der Waals surface area (Å²) in [4.78, 5) is 12.1. The van der Waals surface area contributed by atoms with Gasteiger partial charge in [0.2, 0.25) is 0 Å². The van der Waals surface area contributed by atoms with Crippen molar-refractivity contribution in [2.45, 2.75) is 39.8 Å². The van der Waals surface area contributed by atoms with Crippen molar-refractivity contribution < 1.29 is 0 Å². The molecule has 0 amide bonds. The highest BCUT2D eigenvalue weighted by Crippen LogP contribution is 2.23. The van der Waals surface area contributed by atoms with Gasteiger partial charge < -0.3 is 5.32 Å². The lowest BCUT2D eigenvalue weighted by Crippen LogP contribution is -2.26. The number of rotatable bonds is 4. The first-order chi connectivity index (χ1) is 9.90. The number of aromatic nitrogens is 2. The molecule has 0 bridgehead atoms. The molecule has 1 aromatic heterocycles. The second kappa shape index (κ2) is 6.31. The number of benzene rings is 1. The average Bonchev–Trinajstić information content (AvgIpc) is 2.44. The highest BCUT2D eigenvalue weighted by Gasteiger charge is 2.13. The third-order valence-corrected chi connectivity index (χ3v) is 3.75. The summed E-state index contributed by atoms with van der Waals surface area (Å²) >= 11 is 6.16. The highest BCUT2D eigenvalue weighted by molar-refractivity contribution is 6.32. The van der Waals surface area contributed by atoms with Gasteiger partial charge in [-0.25, -0.2) is 4.68 Å². The zero-order valence-corrected chi connectivity index (χ0v) is 13.5. The van der Waals surface area contributed by atoms with Crippen molar-refractivity contribution >= 4 is 17.3 Å². The van der Waals surface area contributed by atoms with Crippen LogP contribution in [0.3, 0.4) is 0 Å². The minimum Gasteiger partial charge on any atom is -0.376 e. The molecule has 0 aliphatic rings. The molecule has 2 rings (SSSR count). The number of hydrogen-bond acceptors (Lipinski definition) is 3. The minimum absolute atomic E-state index is 0.0152. The molecule has 0 aliphatic heterocycles. The number of nitrogens with zero attached hydrogens (tertiary/aromatic N) is 2. The van der Waals surface area contributed by atoms with Gasteiger partial charge in [-0.2, -0.15) is 5.10 Å². The van der Waals surface area contributed by atoms with Crippen LogP contribution in [0.25, 0.3) is 0 Å². The molecule has 2 aromatic rings. The van der Waals surface area contributed by atoms with Crippen molar-refractivity contribution in [3.8, 4) is 0 Å². The Morgan fingerprint density at radius 1 is 1.19 bits per heavy atom. The van der Waals surface area contributed by atoms with E-state index in [0.29, 0.717) is 5.69 Å². The summed E-state index contributed by atoms with van der Waals surface area (Å²) in [5.74, 6) is 0. The molecule has 1 heterocycles. The van der Waals surface area contributed by atoms with E-state index in [9.17, 15) is 4.79 Å². The molecule has 1 aromatic carbocycles. The van der Waals surface area contributed by atoms with Gasteiger partial charge in [-0.15, -0.1) is 0 Å². The van der Waals surface area contributed by atoms with E-state index in [1.807, 2.05) is 27.7 Å². The van der Waals surface area contributed by atoms with Crippen LogP contribution in [0.5, 0.6) is 0 Å². The third kappa shape index (κ3) is 3.45. The fourth-order valence-corrected chi connectivity index (χ4v) is 2.27. The van der Waals surface area contributed by atoms with Crippen LogP contribution in [0.1, 0.15) is 44.0 Å². The van der Waals surface area contributed by atoms with Crippen LogP contribution in [0, 0.1) is 6.92 Å². The van der Waals surface area contributed by atoms with Crippen LogP contribution in [0.4, 0.5) is 5.69 Å². The Balaban J connectivity index is 2.26. The van der Waals surface area contributed by atoms with Crippen molar-refractivity contribution in [2.75, 3.05) is 5.32 Å². The summed E-state index contributed by atoms with van der Waals surface area (Å²) in [6, 6.07) is 8.26. The Labute approximate surface area is 129 Å². The van der Waals surface area contributed by atoms with Gasteiger partial charge in [-0.05, 0) is 33.3 Å². The van der Waals surface area contributed by atoms with Crippen molar-refractivity contribution in [3.05, 3.63) is 57.0 Å². The van der Waals surface area contributed by atoms with Crippen molar-refractivity contribution in [3.63, 3.8) is 0 Å². The molecule has 5 heteroatoms. The molecular weight excluding hydrogens is 286 g/mol. The van der Waals surface area contributed by atoms with E-state index in [2.05, 4.69) is 34.7 Å². The monoisotopic (exact) mass is 305 g/mol. The van der Waals surface area contributed by atoms with Crippen molar-refractivity contribution in [2.24, 2.45) is 0 Å². The first-order valence-electron chi connectivity index (χ1n) is 7.00. The lowest BCUT2D eigenvalue weighted by Gasteiger charge is -2.17. The zero-order valence-electron chi connectivity index (χ0n) is 12.7. The molecule has 1 unspecified atom stereocenters. The Morgan fingerprint density at radius 2 is 1.81 bits per heavy atom. The topological polar surface area (TPSA) is 46.9 Å². The summed E-state index contributed by atoms with van der Waals surface area (Å²) in [5, 5.41) is 7.58. The quantitative estimate of drug-likeness (QED) is 0.930. The van der Waals surface area contributed by atoms with Crippen molar-refractivity contribution in [1.29, 1.82) is 0 Å². The molecule has 0 radical (unpaired) electrons. The summed E-state index contributed by atoms with van der Waals surface area (Å²) in [6.45, 7) is 7.86. The molecule has 0 spiro atoms. The second-order valence-corrected chi connectivity index (χ2v) is 5.87. The summed E-state index contributed by atoms with van der Waals surface area (Å²) < 4.78 is 1.38. The van der Waals surface area contributed by atoms with Crippen LogP contribution in [-0.4, -0.2) is 9.78 Å². The van der Waals surface area contributed by atoms with E-state index in [1.54, 1.807) is 6.20 Å². The lowest BCUT2D eigenvalue weighted by molar-refractivity contribution is 0.503.